The van der Waals surface area contributed by atoms with E-state index in [1.54, 1.807) is 11.3 Å². The molecule has 3 N–H and O–H groups in total. The van der Waals surface area contributed by atoms with E-state index in [2.05, 4.69) is 47.9 Å². The summed E-state index contributed by atoms with van der Waals surface area (Å²) < 4.78 is 0. The fourth-order valence-electron chi connectivity index (χ4n) is 1.27. The van der Waals surface area contributed by atoms with Crippen LogP contribution >= 0.6 is 35.3 Å². The van der Waals surface area contributed by atoms with E-state index >= 15 is 0 Å². The van der Waals surface area contributed by atoms with Gasteiger partial charge in [0.15, 0.2) is 5.96 Å². The molecule has 3 nitrogen and oxygen atoms in total. The molecule has 1 heterocycles. The van der Waals surface area contributed by atoms with Crippen LogP contribution in [0.15, 0.2) is 21.8 Å². The molecule has 1 aromatic heterocycles. The van der Waals surface area contributed by atoms with Gasteiger partial charge in [-0.05, 0) is 34.2 Å². The second-order valence-corrected chi connectivity index (χ2v) is 5.24. The zero-order valence-corrected chi connectivity index (χ0v) is 13.8. The maximum atomic E-state index is 5.77. The van der Waals surface area contributed by atoms with Gasteiger partial charge >= 0.3 is 0 Å². The standard InChI is InChI=1S/C12H21N3S.HI/c1-9(2)6-14-12(13)15-7-10(3)11-4-5-16-8-11;/h4-5,8-10H,6-7H2,1-3H3,(H3,13,14,15);1H. The molecule has 5 heteroatoms. The summed E-state index contributed by atoms with van der Waals surface area (Å²) in [4.78, 5) is 4.26. The van der Waals surface area contributed by atoms with Crippen molar-refractivity contribution in [2.24, 2.45) is 16.6 Å². The quantitative estimate of drug-likeness (QED) is 0.478. The third-order valence-corrected chi connectivity index (χ3v) is 3.03. The number of thiophene rings is 1. The van der Waals surface area contributed by atoms with Gasteiger partial charge in [-0.1, -0.05) is 20.8 Å². The van der Waals surface area contributed by atoms with Gasteiger partial charge in [-0.15, -0.1) is 24.0 Å². The SMILES string of the molecule is CC(C)CN=C(N)NCC(C)c1ccsc1.I. The Hall–Kier alpha value is -0.300. The van der Waals surface area contributed by atoms with Gasteiger partial charge in [-0.3, -0.25) is 4.99 Å². The van der Waals surface area contributed by atoms with Gasteiger partial charge in [-0.2, -0.15) is 11.3 Å². The Balaban J connectivity index is 0.00000256. The van der Waals surface area contributed by atoms with Gasteiger partial charge < -0.3 is 11.1 Å². The fourth-order valence-corrected chi connectivity index (χ4v) is 2.05. The smallest absolute Gasteiger partial charge is 0.188 e. The molecule has 0 saturated heterocycles. The molecular formula is C12H22IN3S. The fraction of sp³-hybridized carbons (Fsp3) is 0.583. The van der Waals surface area contributed by atoms with Crippen LogP contribution in [0.3, 0.4) is 0 Å². The van der Waals surface area contributed by atoms with E-state index in [0.29, 0.717) is 17.8 Å². The molecular weight excluding hydrogens is 345 g/mol. The second-order valence-electron chi connectivity index (χ2n) is 4.46. The van der Waals surface area contributed by atoms with Crippen LogP contribution in [-0.2, 0) is 0 Å². The first-order chi connectivity index (χ1) is 7.59. The first-order valence-corrected chi connectivity index (χ1v) is 6.59. The Morgan fingerprint density at radius 1 is 1.47 bits per heavy atom. The van der Waals surface area contributed by atoms with Crippen molar-refractivity contribution in [3.63, 3.8) is 0 Å². The molecule has 17 heavy (non-hydrogen) atoms. The van der Waals surface area contributed by atoms with Crippen LogP contribution in [0.2, 0.25) is 0 Å². The van der Waals surface area contributed by atoms with E-state index < -0.39 is 0 Å². The Labute approximate surface area is 125 Å². The zero-order chi connectivity index (χ0) is 12.0. The van der Waals surface area contributed by atoms with E-state index in [9.17, 15) is 0 Å². The zero-order valence-electron chi connectivity index (χ0n) is 10.6. The van der Waals surface area contributed by atoms with Crippen LogP contribution in [0.4, 0.5) is 0 Å². The van der Waals surface area contributed by atoms with Gasteiger partial charge in [0, 0.05) is 13.1 Å². The summed E-state index contributed by atoms with van der Waals surface area (Å²) in [6, 6.07) is 2.15. The lowest BCUT2D eigenvalue weighted by Gasteiger charge is -2.12. The van der Waals surface area contributed by atoms with Crippen molar-refractivity contribution in [2.45, 2.75) is 26.7 Å². The van der Waals surface area contributed by atoms with Crippen LogP contribution in [-0.4, -0.2) is 19.0 Å². The third-order valence-electron chi connectivity index (χ3n) is 2.33. The molecule has 0 aliphatic rings. The average molecular weight is 367 g/mol. The summed E-state index contributed by atoms with van der Waals surface area (Å²) in [5.74, 6) is 1.57. The highest BCUT2D eigenvalue weighted by Gasteiger charge is 2.05. The lowest BCUT2D eigenvalue weighted by Crippen LogP contribution is -2.34. The first-order valence-electron chi connectivity index (χ1n) is 5.65. The molecule has 0 aliphatic heterocycles. The van der Waals surface area contributed by atoms with Crippen molar-refractivity contribution in [3.05, 3.63) is 22.4 Å². The molecule has 1 unspecified atom stereocenters. The van der Waals surface area contributed by atoms with Gasteiger partial charge in [0.2, 0.25) is 0 Å². The Morgan fingerprint density at radius 2 is 2.18 bits per heavy atom. The number of rotatable bonds is 5. The number of nitrogens with one attached hydrogen (secondary N) is 1. The number of halogens is 1. The number of nitrogens with two attached hydrogens (primary N) is 1. The average Bonchev–Trinajstić information content (AvgIpc) is 2.76. The summed E-state index contributed by atoms with van der Waals surface area (Å²) in [5.41, 5.74) is 7.12. The van der Waals surface area contributed by atoms with E-state index in [1.807, 2.05) is 0 Å². The molecule has 0 saturated carbocycles. The number of nitrogens with zero attached hydrogens (tertiary/aromatic N) is 1. The van der Waals surface area contributed by atoms with Gasteiger partial charge in [0.25, 0.3) is 0 Å². The van der Waals surface area contributed by atoms with E-state index in [-0.39, 0.29) is 24.0 Å². The molecule has 0 aliphatic carbocycles. The Kier molecular flexibility index (Phi) is 8.59. The summed E-state index contributed by atoms with van der Waals surface area (Å²) in [6.07, 6.45) is 0. The van der Waals surface area contributed by atoms with Crippen molar-refractivity contribution in [3.8, 4) is 0 Å². The molecule has 1 rings (SSSR count). The third kappa shape index (κ3) is 6.88. The molecule has 1 atom stereocenters. The summed E-state index contributed by atoms with van der Waals surface area (Å²) in [5, 5.41) is 7.43. The van der Waals surface area contributed by atoms with E-state index in [1.165, 1.54) is 5.56 Å². The molecule has 1 aromatic rings. The lowest BCUT2D eigenvalue weighted by molar-refractivity contribution is 0.656. The first kappa shape index (κ1) is 16.7. The van der Waals surface area contributed by atoms with E-state index in [4.69, 9.17) is 5.73 Å². The van der Waals surface area contributed by atoms with Crippen molar-refractivity contribution in [2.75, 3.05) is 13.1 Å². The van der Waals surface area contributed by atoms with Crippen molar-refractivity contribution < 1.29 is 0 Å². The summed E-state index contributed by atoms with van der Waals surface area (Å²) in [6.45, 7) is 8.07. The maximum absolute atomic E-state index is 5.77. The van der Waals surface area contributed by atoms with Gasteiger partial charge in [0.1, 0.15) is 0 Å². The molecule has 0 radical (unpaired) electrons. The lowest BCUT2D eigenvalue weighted by atomic mass is 10.1. The van der Waals surface area contributed by atoms with Crippen molar-refractivity contribution in [1.82, 2.24) is 5.32 Å². The Morgan fingerprint density at radius 3 is 2.71 bits per heavy atom. The van der Waals surface area contributed by atoms with E-state index in [0.717, 1.165) is 13.1 Å². The highest BCUT2D eigenvalue weighted by molar-refractivity contribution is 14.0. The minimum absolute atomic E-state index is 0. The minimum Gasteiger partial charge on any atom is -0.370 e. The number of guanidine groups is 1. The molecule has 0 fully saturated rings. The molecule has 98 valence electrons. The maximum Gasteiger partial charge on any atom is 0.188 e. The van der Waals surface area contributed by atoms with Crippen LogP contribution in [0.25, 0.3) is 0 Å². The molecule has 0 bridgehead atoms. The van der Waals surface area contributed by atoms with Crippen molar-refractivity contribution in [1.29, 1.82) is 0 Å². The largest absolute Gasteiger partial charge is 0.370 e. The second kappa shape index (κ2) is 8.74. The number of hydrogen-bond donors (Lipinski definition) is 2. The topological polar surface area (TPSA) is 50.4 Å². The van der Waals surface area contributed by atoms with Gasteiger partial charge in [0.05, 0.1) is 0 Å². The summed E-state index contributed by atoms with van der Waals surface area (Å²) in [7, 11) is 0. The molecule has 0 spiro atoms. The Bertz CT molecular complexity index is 323. The van der Waals surface area contributed by atoms with Crippen molar-refractivity contribution >= 4 is 41.3 Å². The predicted octanol–water partition coefficient (Wildman–Crippen LogP) is 3.03. The number of aliphatic imine (C=N–C) groups is 1. The highest BCUT2D eigenvalue weighted by atomic mass is 127. The van der Waals surface area contributed by atoms with Gasteiger partial charge in [-0.25, -0.2) is 0 Å². The molecule has 0 amide bonds. The minimum atomic E-state index is 0. The predicted molar refractivity (Wildman–Crippen MR) is 87.5 cm³/mol. The normalized spacial score (nSPS) is 13.3. The summed E-state index contributed by atoms with van der Waals surface area (Å²) >= 11 is 1.73. The number of hydrogen-bond acceptors (Lipinski definition) is 2. The monoisotopic (exact) mass is 367 g/mol. The van der Waals surface area contributed by atoms with Crippen LogP contribution in [0.1, 0.15) is 32.3 Å². The van der Waals surface area contributed by atoms with Crippen LogP contribution < -0.4 is 11.1 Å². The van der Waals surface area contributed by atoms with Crippen LogP contribution in [0.5, 0.6) is 0 Å². The molecule has 0 aromatic carbocycles. The highest BCUT2D eigenvalue weighted by Crippen LogP contribution is 2.16. The van der Waals surface area contributed by atoms with Crippen LogP contribution in [0, 0.1) is 5.92 Å².